The van der Waals surface area contributed by atoms with Crippen LogP contribution in [0.3, 0.4) is 0 Å². The molecule has 30 heavy (non-hydrogen) atoms. The number of sulfonamides is 1. The van der Waals surface area contributed by atoms with Crippen LogP contribution in [0.1, 0.15) is 33.6 Å². The van der Waals surface area contributed by atoms with Crippen molar-refractivity contribution in [1.29, 1.82) is 0 Å². The Balaban J connectivity index is 1.42. The van der Waals surface area contributed by atoms with Crippen molar-refractivity contribution in [2.45, 2.75) is 17.7 Å². The summed E-state index contributed by atoms with van der Waals surface area (Å²) in [7, 11) is -3.64. The van der Waals surface area contributed by atoms with Gasteiger partial charge in [0, 0.05) is 18.7 Å². The van der Waals surface area contributed by atoms with Gasteiger partial charge in [0.2, 0.25) is 10.0 Å². The van der Waals surface area contributed by atoms with Crippen LogP contribution >= 0.6 is 0 Å². The lowest BCUT2D eigenvalue weighted by Gasteiger charge is -2.18. The number of hydrogen-bond acceptors (Lipinski definition) is 7. The zero-order valence-corrected chi connectivity index (χ0v) is 17.0. The number of rotatable bonds is 6. The molecule has 0 unspecified atom stereocenters. The van der Waals surface area contributed by atoms with E-state index in [0.29, 0.717) is 43.4 Å². The standard InChI is InChI=1S/C21H21NO7S/c23-18(15-6-7-19-20(13-15)28-11-10-27-19)14-29-21(24)16-4-3-5-17(12-16)30(25,26)22-8-1-2-9-22/h3-7,12-13H,1-2,8-11,14H2. The highest BCUT2D eigenvalue weighted by molar-refractivity contribution is 7.89. The number of fused-ring (bicyclic) bond motifs is 1. The van der Waals surface area contributed by atoms with Crippen LogP contribution in [0.4, 0.5) is 0 Å². The molecule has 2 heterocycles. The Hall–Kier alpha value is -2.91. The van der Waals surface area contributed by atoms with E-state index in [9.17, 15) is 18.0 Å². The third kappa shape index (κ3) is 4.17. The van der Waals surface area contributed by atoms with Gasteiger partial charge in [0.25, 0.3) is 0 Å². The largest absolute Gasteiger partial charge is 0.486 e. The van der Waals surface area contributed by atoms with E-state index in [1.165, 1.54) is 28.6 Å². The van der Waals surface area contributed by atoms with Crippen LogP contribution in [0.25, 0.3) is 0 Å². The maximum absolute atomic E-state index is 12.7. The molecule has 0 aliphatic carbocycles. The van der Waals surface area contributed by atoms with Crippen LogP contribution in [0.5, 0.6) is 11.5 Å². The Morgan fingerprint density at radius 1 is 0.933 bits per heavy atom. The summed E-state index contributed by atoms with van der Waals surface area (Å²) in [5, 5.41) is 0. The first-order valence-corrected chi connectivity index (χ1v) is 11.1. The normalized spacial score (nSPS) is 16.3. The molecule has 8 nitrogen and oxygen atoms in total. The SMILES string of the molecule is O=C(COC(=O)c1cccc(S(=O)(=O)N2CCCC2)c1)c1ccc2c(c1)OCCO2. The van der Waals surface area contributed by atoms with Crippen LogP contribution in [-0.2, 0) is 14.8 Å². The van der Waals surface area contributed by atoms with Crippen molar-refractivity contribution in [2.24, 2.45) is 0 Å². The third-order valence-corrected chi connectivity index (χ3v) is 6.87. The minimum atomic E-state index is -3.64. The Morgan fingerprint density at radius 3 is 2.43 bits per heavy atom. The van der Waals surface area contributed by atoms with Crippen molar-refractivity contribution in [3.05, 3.63) is 53.6 Å². The Kier molecular flexibility index (Phi) is 5.74. The first-order chi connectivity index (χ1) is 14.4. The average molecular weight is 431 g/mol. The van der Waals surface area contributed by atoms with E-state index in [4.69, 9.17) is 14.2 Å². The van der Waals surface area contributed by atoms with Gasteiger partial charge in [-0.2, -0.15) is 4.31 Å². The summed E-state index contributed by atoms with van der Waals surface area (Å²) in [6.45, 7) is 1.32. The van der Waals surface area contributed by atoms with Gasteiger partial charge in [-0.1, -0.05) is 6.07 Å². The maximum Gasteiger partial charge on any atom is 0.338 e. The van der Waals surface area contributed by atoms with Gasteiger partial charge >= 0.3 is 5.97 Å². The number of Topliss-reactive ketones (excluding diaryl/α,β-unsaturated/α-hetero) is 1. The smallest absolute Gasteiger partial charge is 0.338 e. The van der Waals surface area contributed by atoms with Gasteiger partial charge in [-0.25, -0.2) is 13.2 Å². The highest BCUT2D eigenvalue weighted by Gasteiger charge is 2.28. The molecule has 0 amide bonds. The van der Waals surface area contributed by atoms with Gasteiger partial charge in [-0.15, -0.1) is 0 Å². The van der Waals surface area contributed by atoms with E-state index >= 15 is 0 Å². The van der Waals surface area contributed by atoms with Crippen LogP contribution in [0, 0.1) is 0 Å². The molecule has 0 radical (unpaired) electrons. The molecule has 9 heteroatoms. The number of ether oxygens (including phenoxy) is 3. The van der Waals surface area contributed by atoms with Gasteiger partial charge in [0.15, 0.2) is 23.9 Å². The lowest BCUT2D eigenvalue weighted by atomic mass is 10.1. The van der Waals surface area contributed by atoms with Crippen molar-refractivity contribution in [1.82, 2.24) is 4.31 Å². The van der Waals surface area contributed by atoms with Gasteiger partial charge in [-0.3, -0.25) is 4.79 Å². The minimum Gasteiger partial charge on any atom is -0.486 e. The molecule has 1 saturated heterocycles. The average Bonchev–Trinajstić information content (AvgIpc) is 3.33. The molecule has 0 saturated carbocycles. The number of esters is 1. The summed E-state index contributed by atoms with van der Waals surface area (Å²) in [5.74, 6) is -0.135. The number of carbonyl (C=O) groups is 2. The molecule has 0 spiro atoms. The second kappa shape index (κ2) is 8.45. The van der Waals surface area contributed by atoms with Crippen molar-refractivity contribution >= 4 is 21.8 Å². The number of hydrogen-bond donors (Lipinski definition) is 0. The minimum absolute atomic E-state index is 0.0389. The fraction of sp³-hybridized carbons (Fsp3) is 0.333. The summed E-state index contributed by atoms with van der Waals surface area (Å²) in [5.41, 5.74) is 0.405. The number of nitrogens with zero attached hydrogens (tertiary/aromatic N) is 1. The molecule has 2 aliphatic rings. The van der Waals surface area contributed by atoms with Crippen molar-refractivity contribution in [2.75, 3.05) is 32.9 Å². The molecule has 2 aliphatic heterocycles. The van der Waals surface area contributed by atoms with E-state index in [-0.39, 0.29) is 10.5 Å². The Labute approximate surface area is 174 Å². The summed E-state index contributed by atoms with van der Waals surface area (Å²) < 4.78 is 42.7. The van der Waals surface area contributed by atoms with Crippen LogP contribution in [-0.4, -0.2) is 57.4 Å². The molecular weight excluding hydrogens is 410 g/mol. The Morgan fingerprint density at radius 2 is 1.67 bits per heavy atom. The summed E-state index contributed by atoms with van der Waals surface area (Å²) in [6.07, 6.45) is 1.64. The highest BCUT2D eigenvalue weighted by Crippen LogP contribution is 2.31. The predicted molar refractivity (Wildman–Crippen MR) is 106 cm³/mol. The maximum atomic E-state index is 12.7. The highest BCUT2D eigenvalue weighted by atomic mass is 32.2. The number of ketones is 1. The van der Waals surface area contributed by atoms with E-state index < -0.39 is 28.4 Å². The zero-order valence-electron chi connectivity index (χ0n) is 16.2. The van der Waals surface area contributed by atoms with Gasteiger partial charge in [-0.05, 0) is 49.2 Å². The second-order valence-corrected chi connectivity index (χ2v) is 8.93. The second-order valence-electron chi connectivity index (χ2n) is 7.00. The van der Waals surface area contributed by atoms with E-state index in [2.05, 4.69) is 0 Å². The van der Waals surface area contributed by atoms with Gasteiger partial charge in [0.1, 0.15) is 13.2 Å². The molecular formula is C21H21NO7S. The molecule has 2 aromatic rings. The van der Waals surface area contributed by atoms with E-state index in [1.807, 2.05) is 0 Å². The molecule has 0 bridgehead atoms. The van der Waals surface area contributed by atoms with Crippen molar-refractivity contribution < 1.29 is 32.2 Å². The first kappa shape index (κ1) is 20.4. The summed E-state index contributed by atoms with van der Waals surface area (Å²) in [6, 6.07) is 10.4. The summed E-state index contributed by atoms with van der Waals surface area (Å²) in [4.78, 5) is 24.8. The zero-order chi connectivity index (χ0) is 21.1. The molecule has 0 aromatic heterocycles. The third-order valence-electron chi connectivity index (χ3n) is 4.97. The van der Waals surface area contributed by atoms with Crippen molar-refractivity contribution in [3.8, 4) is 11.5 Å². The van der Waals surface area contributed by atoms with E-state index in [1.54, 1.807) is 18.2 Å². The van der Waals surface area contributed by atoms with Gasteiger partial charge < -0.3 is 14.2 Å². The number of carbonyl (C=O) groups excluding carboxylic acids is 2. The lowest BCUT2D eigenvalue weighted by molar-refractivity contribution is 0.0474. The monoisotopic (exact) mass is 431 g/mol. The lowest BCUT2D eigenvalue weighted by Crippen LogP contribution is -2.28. The molecule has 0 atom stereocenters. The molecule has 4 rings (SSSR count). The first-order valence-electron chi connectivity index (χ1n) is 9.65. The Bertz CT molecular complexity index is 1070. The van der Waals surface area contributed by atoms with Crippen LogP contribution in [0.15, 0.2) is 47.4 Å². The van der Waals surface area contributed by atoms with Gasteiger partial charge in [0.05, 0.1) is 10.5 Å². The predicted octanol–water partition coefficient (Wildman–Crippen LogP) is 2.28. The molecule has 2 aromatic carbocycles. The van der Waals surface area contributed by atoms with Crippen LogP contribution < -0.4 is 9.47 Å². The fourth-order valence-corrected chi connectivity index (χ4v) is 4.94. The molecule has 1 fully saturated rings. The molecule has 158 valence electrons. The van der Waals surface area contributed by atoms with E-state index in [0.717, 1.165) is 12.8 Å². The van der Waals surface area contributed by atoms with Crippen molar-refractivity contribution in [3.63, 3.8) is 0 Å². The molecule has 0 N–H and O–H groups in total. The summed E-state index contributed by atoms with van der Waals surface area (Å²) >= 11 is 0. The quantitative estimate of drug-likeness (QED) is 0.511. The topological polar surface area (TPSA) is 99.2 Å². The van der Waals surface area contributed by atoms with Crippen LogP contribution in [0.2, 0.25) is 0 Å². The number of benzene rings is 2. The fourth-order valence-electron chi connectivity index (χ4n) is 3.38.